The molecule has 1 N–H and O–H groups in total. The lowest BCUT2D eigenvalue weighted by Crippen LogP contribution is -2.24. The topological polar surface area (TPSA) is 29.1 Å². The third kappa shape index (κ3) is 3.00. The Hall–Kier alpha value is -1.68. The second kappa shape index (κ2) is 5.98. The second-order valence-corrected chi connectivity index (χ2v) is 6.15. The van der Waals surface area contributed by atoms with Gasteiger partial charge in [-0.25, -0.2) is 4.39 Å². The first kappa shape index (κ1) is 14.3. The minimum absolute atomic E-state index is 0.0742. The third-order valence-electron chi connectivity index (χ3n) is 3.85. The van der Waals surface area contributed by atoms with E-state index in [1.165, 1.54) is 6.07 Å². The number of ketones is 1. The number of hydrogen-bond acceptors (Lipinski definition) is 2. The molecule has 3 rings (SSSR count). The summed E-state index contributed by atoms with van der Waals surface area (Å²) in [6.07, 6.45) is 0.895. The maximum atomic E-state index is 13.9. The average molecular weight is 348 g/mol. The second-order valence-electron chi connectivity index (χ2n) is 5.23. The van der Waals surface area contributed by atoms with Gasteiger partial charge in [0.2, 0.25) is 0 Å². The first-order chi connectivity index (χ1) is 10.1. The summed E-state index contributed by atoms with van der Waals surface area (Å²) in [6, 6.07) is 12.7. The van der Waals surface area contributed by atoms with E-state index < -0.39 is 0 Å². The number of nitrogens with one attached hydrogen (secondary N) is 1. The van der Waals surface area contributed by atoms with Gasteiger partial charge in [-0.3, -0.25) is 4.79 Å². The van der Waals surface area contributed by atoms with Crippen LogP contribution in [0.1, 0.15) is 23.5 Å². The number of fused-ring (bicyclic) bond motifs is 1. The van der Waals surface area contributed by atoms with Crippen LogP contribution in [0, 0.1) is 5.82 Å². The summed E-state index contributed by atoms with van der Waals surface area (Å²) in [5.74, 6) is -0.407. The highest BCUT2D eigenvalue weighted by Crippen LogP contribution is 2.33. The summed E-state index contributed by atoms with van der Waals surface area (Å²) in [7, 11) is 0. The van der Waals surface area contributed by atoms with Crippen molar-refractivity contribution in [2.24, 2.45) is 0 Å². The predicted molar refractivity (Wildman–Crippen MR) is 85.1 cm³/mol. The van der Waals surface area contributed by atoms with Gasteiger partial charge in [0.25, 0.3) is 0 Å². The molecule has 0 saturated carbocycles. The molecular formula is C17H15BrFNO. The van der Waals surface area contributed by atoms with Crippen LogP contribution in [0.2, 0.25) is 0 Å². The number of anilines is 1. The zero-order valence-electron chi connectivity index (χ0n) is 11.4. The SMILES string of the molecule is O=C(Cc1ccc(Br)cc1F)C1CCNc2ccccc21. The van der Waals surface area contributed by atoms with Crippen molar-refractivity contribution < 1.29 is 9.18 Å². The molecule has 108 valence electrons. The van der Waals surface area contributed by atoms with Crippen molar-refractivity contribution in [3.05, 3.63) is 63.9 Å². The standard InChI is InChI=1S/C17H15BrFNO/c18-12-6-5-11(15(19)10-12)9-17(21)14-7-8-20-16-4-2-1-3-13(14)16/h1-6,10,14,20H,7-9H2. The minimum atomic E-state index is -0.333. The van der Waals surface area contributed by atoms with Crippen LogP contribution < -0.4 is 5.32 Å². The van der Waals surface area contributed by atoms with Crippen molar-refractivity contribution in [2.45, 2.75) is 18.8 Å². The molecule has 1 aliphatic heterocycles. The summed E-state index contributed by atoms with van der Waals surface area (Å²) in [5.41, 5.74) is 2.49. The first-order valence-corrected chi connectivity index (χ1v) is 7.74. The van der Waals surface area contributed by atoms with Gasteiger partial charge in [0, 0.05) is 29.0 Å². The van der Waals surface area contributed by atoms with Crippen LogP contribution in [0.5, 0.6) is 0 Å². The fourth-order valence-corrected chi connectivity index (χ4v) is 3.11. The number of halogens is 2. The van der Waals surface area contributed by atoms with Gasteiger partial charge in [-0.15, -0.1) is 0 Å². The van der Waals surface area contributed by atoms with E-state index in [-0.39, 0.29) is 23.9 Å². The van der Waals surface area contributed by atoms with Crippen LogP contribution >= 0.6 is 15.9 Å². The first-order valence-electron chi connectivity index (χ1n) is 6.94. The molecule has 1 heterocycles. The molecule has 4 heteroatoms. The van der Waals surface area contributed by atoms with Crippen LogP contribution in [0.15, 0.2) is 46.9 Å². The highest BCUT2D eigenvalue weighted by atomic mass is 79.9. The zero-order chi connectivity index (χ0) is 14.8. The van der Waals surface area contributed by atoms with Gasteiger partial charge in [-0.1, -0.05) is 40.2 Å². The summed E-state index contributed by atoms with van der Waals surface area (Å²) < 4.78 is 14.6. The molecular weight excluding hydrogens is 333 g/mol. The molecule has 0 aliphatic carbocycles. The maximum Gasteiger partial charge on any atom is 0.144 e. The number of carbonyl (C=O) groups excluding carboxylic acids is 1. The van der Waals surface area contributed by atoms with Crippen LogP contribution in [0.3, 0.4) is 0 Å². The number of Topliss-reactive ketones (excluding diaryl/α,β-unsaturated/α-hetero) is 1. The molecule has 2 aromatic rings. The Morgan fingerprint density at radius 2 is 2.10 bits per heavy atom. The Kier molecular flexibility index (Phi) is 4.06. The van der Waals surface area contributed by atoms with Crippen LogP contribution in [0.4, 0.5) is 10.1 Å². The van der Waals surface area contributed by atoms with E-state index in [4.69, 9.17) is 0 Å². The van der Waals surface area contributed by atoms with E-state index in [9.17, 15) is 9.18 Å². The molecule has 2 aromatic carbocycles. The van der Waals surface area contributed by atoms with Crippen LogP contribution in [-0.4, -0.2) is 12.3 Å². The quantitative estimate of drug-likeness (QED) is 0.896. The molecule has 1 aliphatic rings. The Balaban J connectivity index is 1.83. The Labute approximate surface area is 131 Å². The number of hydrogen-bond donors (Lipinski definition) is 1. The summed E-state index contributed by atoms with van der Waals surface area (Å²) in [6.45, 7) is 0.774. The van der Waals surface area contributed by atoms with E-state index in [1.54, 1.807) is 12.1 Å². The molecule has 0 amide bonds. The monoisotopic (exact) mass is 347 g/mol. The van der Waals surface area contributed by atoms with Crippen LogP contribution in [-0.2, 0) is 11.2 Å². The summed E-state index contributed by atoms with van der Waals surface area (Å²) in [5, 5.41) is 3.30. The molecule has 1 unspecified atom stereocenters. The van der Waals surface area contributed by atoms with E-state index in [2.05, 4.69) is 21.2 Å². The van der Waals surface area contributed by atoms with Gasteiger partial charge in [0.15, 0.2) is 0 Å². The highest BCUT2D eigenvalue weighted by Gasteiger charge is 2.26. The smallest absolute Gasteiger partial charge is 0.144 e. The van der Waals surface area contributed by atoms with Crippen molar-refractivity contribution in [3.8, 4) is 0 Å². The van der Waals surface area contributed by atoms with Crippen molar-refractivity contribution in [1.29, 1.82) is 0 Å². The number of carbonyl (C=O) groups is 1. The molecule has 0 spiro atoms. The lowest BCUT2D eigenvalue weighted by molar-refractivity contribution is -0.120. The van der Waals surface area contributed by atoms with Gasteiger partial charge < -0.3 is 5.32 Å². The molecule has 0 fully saturated rings. The number of benzene rings is 2. The highest BCUT2D eigenvalue weighted by molar-refractivity contribution is 9.10. The fraction of sp³-hybridized carbons (Fsp3) is 0.235. The van der Waals surface area contributed by atoms with Gasteiger partial charge in [0.1, 0.15) is 11.6 Å². The molecule has 0 aromatic heterocycles. The van der Waals surface area contributed by atoms with E-state index in [1.807, 2.05) is 24.3 Å². The molecule has 0 radical (unpaired) electrons. The largest absolute Gasteiger partial charge is 0.385 e. The zero-order valence-corrected chi connectivity index (χ0v) is 13.0. The molecule has 1 atom stereocenters. The maximum absolute atomic E-state index is 13.9. The Bertz CT molecular complexity index is 686. The molecule has 2 nitrogen and oxygen atoms in total. The summed E-state index contributed by atoms with van der Waals surface area (Å²) in [4.78, 5) is 12.6. The van der Waals surface area contributed by atoms with Crippen LogP contribution in [0.25, 0.3) is 0 Å². The van der Waals surface area contributed by atoms with Crippen molar-refractivity contribution in [3.63, 3.8) is 0 Å². The van der Waals surface area contributed by atoms with Crippen molar-refractivity contribution in [2.75, 3.05) is 11.9 Å². The summed E-state index contributed by atoms with van der Waals surface area (Å²) >= 11 is 3.23. The van der Waals surface area contributed by atoms with Crippen molar-refractivity contribution in [1.82, 2.24) is 0 Å². The molecule has 0 bridgehead atoms. The molecule has 21 heavy (non-hydrogen) atoms. The van der Waals surface area contributed by atoms with Gasteiger partial charge in [0.05, 0.1) is 0 Å². The lowest BCUT2D eigenvalue weighted by Gasteiger charge is -2.25. The van der Waals surface area contributed by atoms with E-state index >= 15 is 0 Å². The van der Waals surface area contributed by atoms with Gasteiger partial charge in [-0.05, 0) is 35.7 Å². The predicted octanol–water partition coefficient (Wildman–Crippen LogP) is 4.30. The fourth-order valence-electron chi connectivity index (χ4n) is 2.78. The average Bonchev–Trinajstić information content (AvgIpc) is 2.49. The van der Waals surface area contributed by atoms with E-state index in [0.717, 1.165) is 24.2 Å². The lowest BCUT2D eigenvalue weighted by atomic mass is 9.85. The van der Waals surface area contributed by atoms with E-state index in [0.29, 0.717) is 10.0 Å². The Morgan fingerprint density at radius 1 is 1.29 bits per heavy atom. The Morgan fingerprint density at radius 3 is 2.90 bits per heavy atom. The van der Waals surface area contributed by atoms with Gasteiger partial charge >= 0.3 is 0 Å². The van der Waals surface area contributed by atoms with Crippen molar-refractivity contribution >= 4 is 27.4 Å². The third-order valence-corrected chi connectivity index (χ3v) is 4.35. The minimum Gasteiger partial charge on any atom is -0.385 e. The number of para-hydroxylation sites is 1. The number of rotatable bonds is 3. The normalized spacial score (nSPS) is 17.0. The molecule has 0 saturated heterocycles. The van der Waals surface area contributed by atoms with Gasteiger partial charge in [-0.2, -0.15) is 0 Å².